The van der Waals surface area contributed by atoms with Crippen LogP contribution in [0.25, 0.3) is 17.1 Å². The van der Waals surface area contributed by atoms with E-state index < -0.39 is 44.1 Å². The smallest absolute Gasteiger partial charge is 0.170 e. The minimum absolute atomic E-state index is 0.0691. The standard InChI is InChI=1S/C24H24F2N6O3S/c1-14-8-17(10-27-9-14)24-31-30-21(32(24)22-19(25)6-5-7-20(22)26)13-36(33,34)16(3)15(2)23-28-11-18(35-4)12-29-23/h5-12,15-16H,13H2,1-4H3/t15-,16-/m0/s1. The molecule has 9 nitrogen and oxygen atoms in total. The summed E-state index contributed by atoms with van der Waals surface area (Å²) in [6, 6.07) is 5.11. The molecular formula is C24H24F2N6O3S. The van der Waals surface area contributed by atoms with Crippen molar-refractivity contribution in [2.45, 2.75) is 37.7 Å². The monoisotopic (exact) mass is 514 g/mol. The zero-order valence-electron chi connectivity index (χ0n) is 20.1. The van der Waals surface area contributed by atoms with Gasteiger partial charge >= 0.3 is 0 Å². The summed E-state index contributed by atoms with van der Waals surface area (Å²) < 4.78 is 62.7. The Morgan fingerprint density at radius 1 is 1.03 bits per heavy atom. The lowest BCUT2D eigenvalue weighted by Crippen LogP contribution is -2.27. The molecule has 0 saturated heterocycles. The first kappa shape index (κ1) is 25.3. The van der Waals surface area contributed by atoms with E-state index in [0.29, 0.717) is 17.1 Å². The summed E-state index contributed by atoms with van der Waals surface area (Å²) in [5, 5.41) is 7.18. The molecule has 3 heterocycles. The van der Waals surface area contributed by atoms with E-state index in [1.807, 2.05) is 0 Å². The van der Waals surface area contributed by atoms with Crippen LogP contribution in [-0.2, 0) is 15.6 Å². The van der Waals surface area contributed by atoms with Crippen molar-refractivity contribution in [3.63, 3.8) is 0 Å². The van der Waals surface area contributed by atoms with E-state index in [0.717, 1.165) is 22.3 Å². The first-order chi connectivity index (χ1) is 17.1. The summed E-state index contributed by atoms with van der Waals surface area (Å²) in [5.74, 6) is -2.27. The Hall–Kier alpha value is -3.80. The number of para-hydroxylation sites is 1. The van der Waals surface area contributed by atoms with Crippen molar-refractivity contribution in [3.8, 4) is 22.8 Å². The molecule has 0 amide bonds. The summed E-state index contributed by atoms with van der Waals surface area (Å²) in [4.78, 5) is 12.5. The van der Waals surface area contributed by atoms with Crippen molar-refractivity contribution in [1.29, 1.82) is 0 Å². The van der Waals surface area contributed by atoms with Crippen LogP contribution in [-0.4, -0.2) is 50.5 Å². The lowest BCUT2D eigenvalue weighted by molar-refractivity contribution is 0.409. The van der Waals surface area contributed by atoms with E-state index in [9.17, 15) is 17.2 Å². The van der Waals surface area contributed by atoms with Gasteiger partial charge in [-0.3, -0.25) is 9.55 Å². The zero-order chi connectivity index (χ0) is 26.0. The first-order valence-corrected chi connectivity index (χ1v) is 12.7. The van der Waals surface area contributed by atoms with Crippen LogP contribution < -0.4 is 4.74 Å². The van der Waals surface area contributed by atoms with Crippen LogP contribution in [0.15, 0.2) is 49.1 Å². The maximum Gasteiger partial charge on any atom is 0.170 e. The van der Waals surface area contributed by atoms with E-state index in [1.54, 1.807) is 26.1 Å². The molecule has 0 bridgehead atoms. The lowest BCUT2D eigenvalue weighted by Gasteiger charge is -2.19. The predicted octanol–water partition coefficient (Wildman–Crippen LogP) is 3.82. The molecule has 0 saturated carbocycles. The summed E-state index contributed by atoms with van der Waals surface area (Å²) in [6.45, 7) is 5.02. The van der Waals surface area contributed by atoms with Crippen molar-refractivity contribution in [2.75, 3.05) is 7.11 Å². The molecule has 3 aromatic heterocycles. The molecule has 4 rings (SSSR count). The number of hydrogen-bond acceptors (Lipinski definition) is 8. The quantitative estimate of drug-likeness (QED) is 0.349. The minimum atomic E-state index is -3.90. The molecule has 1 aromatic carbocycles. The second-order valence-corrected chi connectivity index (χ2v) is 10.7. The fourth-order valence-corrected chi connectivity index (χ4v) is 5.26. The van der Waals surface area contributed by atoms with E-state index in [1.165, 1.54) is 38.7 Å². The number of benzene rings is 1. The van der Waals surface area contributed by atoms with E-state index in [-0.39, 0.29) is 11.6 Å². The summed E-state index contributed by atoms with van der Waals surface area (Å²) in [5.41, 5.74) is 0.748. The lowest BCUT2D eigenvalue weighted by atomic mass is 10.1. The van der Waals surface area contributed by atoms with Gasteiger partial charge in [-0.1, -0.05) is 13.0 Å². The summed E-state index contributed by atoms with van der Waals surface area (Å²) >= 11 is 0. The Kier molecular flexibility index (Phi) is 7.07. The largest absolute Gasteiger partial charge is 0.494 e. The third-order valence-corrected chi connectivity index (χ3v) is 8.12. The van der Waals surface area contributed by atoms with Crippen molar-refractivity contribution in [3.05, 3.63) is 77.9 Å². The van der Waals surface area contributed by atoms with Crippen LogP contribution in [0.5, 0.6) is 5.75 Å². The number of halogens is 2. The second kappa shape index (κ2) is 10.1. The molecular weight excluding hydrogens is 490 g/mol. The first-order valence-electron chi connectivity index (χ1n) is 11.0. The number of rotatable bonds is 8. The molecule has 0 aliphatic heterocycles. The van der Waals surface area contributed by atoms with Gasteiger partial charge in [0.25, 0.3) is 0 Å². The maximum atomic E-state index is 14.9. The normalized spacial score (nSPS) is 13.4. The van der Waals surface area contributed by atoms with Crippen molar-refractivity contribution >= 4 is 9.84 Å². The SMILES string of the molecule is COc1cnc([C@@H](C)[C@H](C)S(=O)(=O)Cc2nnc(-c3cncc(C)c3)n2-c2c(F)cccc2F)nc1. The highest BCUT2D eigenvalue weighted by atomic mass is 32.2. The van der Waals surface area contributed by atoms with Gasteiger partial charge in [-0.15, -0.1) is 10.2 Å². The van der Waals surface area contributed by atoms with Crippen molar-refractivity contribution in [2.24, 2.45) is 0 Å². The third-order valence-electron chi connectivity index (χ3n) is 5.92. The molecule has 4 aromatic rings. The Morgan fingerprint density at radius 3 is 2.31 bits per heavy atom. The molecule has 0 spiro atoms. The Balaban J connectivity index is 1.77. The summed E-state index contributed by atoms with van der Waals surface area (Å²) in [6.07, 6.45) is 6.00. The Bertz CT molecular complexity index is 1470. The molecule has 12 heteroatoms. The number of hydrogen-bond donors (Lipinski definition) is 0. The fourth-order valence-electron chi connectivity index (χ4n) is 3.71. The number of aryl methyl sites for hydroxylation is 1. The topological polar surface area (TPSA) is 113 Å². The van der Waals surface area contributed by atoms with Crippen molar-refractivity contribution < 1.29 is 21.9 Å². The number of methoxy groups -OCH3 is 1. The van der Waals surface area contributed by atoms with E-state index in [4.69, 9.17) is 4.74 Å². The predicted molar refractivity (Wildman–Crippen MR) is 128 cm³/mol. The molecule has 0 aliphatic carbocycles. The second-order valence-electron chi connectivity index (χ2n) is 8.38. The minimum Gasteiger partial charge on any atom is -0.494 e. The van der Waals surface area contributed by atoms with Crippen LogP contribution in [0.2, 0.25) is 0 Å². The average molecular weight is 515 g/mol. The van der Waals surface area contributed by atoms with Gasteiger partial charge < -0.3 is 4.74 Å². The van der Waals surface area contributed by atoms with Crippen molar-refractivity contribution in [1.82, 2.24) is 29.7 Å². The Labute approximate surface area is 207 Å². The van der Waals surface area contributed by atoms with Crippen LogP contribution in [0.4, 0.5) is 8.78 Å². The molecule has 2 atom stereocenters. The molecule has 188 valence electrons. The summed E-state index contributed by atoms with van der Waals surface area (Å²) in [7, 11) is -2.43. The van der Waals surface area contributed by atoms with Crippen LogP contribution >= 0.6 is 0 Å². The van der Waals surface area contributed by atoms with Gasteiger partial charge in [-0.25, -0.2) is 27.2 Å². The molecule has 0 aliphatic rings. The Morgan fingerprint density at radius 2 is 1.69 bits per heavy atom. The zero-order valence-corrected chi connectivity index (χ0v) is 20.9. The number of nitrogens with zero attached hydrogens (tertiary/aromatic N) is 6. The molecule has 36 heavy (non-hydrogen) atoms. The molecule has 0 N–H and O–H groups in total. The van der Waals surface area contributed by atoms with Gasteiger partial charge in [-0.05, 0) is 37.6 Å². The number of pyridine rings is 1. The highest BCUT2D eigenvalue weighted by molar-refractivity contribution is 7.91. The van der Waals surface area contributed by atoms with E-state index in [2.05, 4.69) is 25.1 Å². The fraction of sp³-hybridized carbons (Fsp3) is 0.292. The van der Waals surface area contributed by atoms with Crippen LogP contribution in [0, 0.1) is 18.6 Å². The number of sulfone groups is 1. The van der Waals surface area contributed by atoms with Crippen LogP contribution in [0.1, 0.15) is 37.0 Å². The number of aromatic nitrogens is 6. The van der Waals surface area contributed by atoms with E-state index >= 15 is 0 Å². The third kappa shape index (κ3) is 4.94. The molecule has 0 unspecified atom stereocenters. The van der Waals surface area contributed by atoms with Gasteiger partial charge in [0.15, 0.2) is 27.2 Å². The highest BCUT2D eigenvalue weighted by Crippen LogP contribution is 2.30. The van der Waals surface area contributed by atoms with Gasteiger partial charge in [0.2, 0.25) is 0 Å². The van der Waals surface area contributed by atoms with Gasteiger partial charge in [0.1, 0.15) is 28.9 Å². The maximum absolute atomic E-state index is 14.9. The molecule has 0 fully saturated rings. The number of ether oxygens (including phenoxy) is 1. The highest BCUT2D eigenvalue weighted by Gasteiger charge is 2.33. The van der Waals surface area contributed by atoms with Gasteiger partial charge in [-0.2, -0.15) is 0 Å². The van der Waals surface area contributed by atoms with Crippen LogP contribution in [0.3, 0.4) is 0 Å². The van der Waals surface area contributed by atoms with Gasteiger partial charge in [0.05, 0.1) is 24.8 Å². The average Bonchev–Trinajstić information content (AvgIpc) is 3.25. The molecule has 0 radical (unpaired) electrons. The van der Waals surface area contributed by atoms with Gasteiger partial charge in [0, 0.05) is 23.9 Å².